The van der Waals surface area contributed by atoms with Crippen molar-refractivity contribution >= 4 is 5.97 Å². The smallest absolute Gasteiger partial charge is 0.314 e. The van der Waals surface area contributed by atoms with Gasteiger partial charge in [-0.1, -0.05) is 19.9 Å². The van der Waals surface area contributed by atoms with Gasteiger partial charge in [0.1, 0.15) is 73.2 Å². The summed E-state index contributed by atoms with van der Waals surface area (Å²) < 4.78 is 35.6. The molecule has 4 aliphatic carbocycles. The lowest BCUT2D eigenvalue weighted by Crippen LogP contribution is -2.65. The number of fused-ring (bicyclic) bond motifs is 3. The van der Waals surface area contributed by atoms with E-state index >= 15 is 0 Å². The molecule has 3 aliphatic heterocycles. The molecule has 3 heterocycles. The van der Waals surface area contributed by atoms with Crippen LogP contribution in [0.1, 0.15) is 71.6 Å². The molecule has 7 rings (SSSR count). The highest BCUT2D eigenvalue weighted by Gasteiger charge is 2.69. The fourth-order valence-electron chi connectivity index (χ4n) is 12.0. The van der Waals surface area contributed by atoms with Crippen LogP contribution in [0.3, 0.4) is 0 Å². The van der Waals surface area contributed by atoms with E-state index in [1.807, 2.05) is 6.92 Å². The molecule has 4 saturated carbocycles. The first-order valence-corrected chi connectivity index (χ1v) is 19.9. The average Bonchev–Trinajstić information content (AvgIpc) is 3.37. The third kappa shape index (κ3) is 6.69. The third-order valence-electron chi connectivity index (χ3n) is 15.0. The van der Waals surface area contributed by atoms with E-state index in [1.165, 1.54) is 0 Å². The van der Waals surface area contributed by atoms with Gasteiger partial charge in [0.25, 0.3) is 0 Å². The Morgan fingerprint density at radius 2 is 1.21 bits per heavy atom. The van der Waals surface area contributed by atoms with Gasteiger partial charge in [-0.05, 0) is 86.5 Å². The van der Waals surface area contributed by atoms with Crippen LogP contribution >= 0.6 is 0 Å². The number of hydrogen-bond acceptors (Lipinski definition) is 18. The lowest BCUT2D eigenvalue weighted by atomic mass is 9.41. The normalized spacial score (nSPS) is 54.6. The van der Waals surface area contributed by atoms with Gasteiger partial charge < -0.3 is 84.6 Å². The predicted octanol–water partition coefficient (Wildman–Crippen LogP) is -2.94. The number of carbonyl (C=O) groups excluding carboxylic acids is 1. The number of carbonyl (C=O) groups is 1. The van der Waals surface area contributed by atoms with Crippen molar-refractivity contribution in [2.75, 3.05) is 19.8 Å². The molecule has 2 bridgehead atoms. The van der Waals surface area contributed by atoms with Gasteiger partial charge >= 0.3 is 5.97 Å². The molecule has 0 aromatic carbocycles. The van der Waals surface area contributed by atoms with Crippen LogP contribution in [0.5, 0.6) is 0 Å². The van der Waals surface area contributed by atoms with Crippen LogP contribution in [0.25, 0.3) is 0 Å². The summed E-state index contributed by atoms with van der Waals surface area (Å²) in [6, 6.07) is 0. The Morgan fingerprint density at radius 1 is 0.679 bits per heavy atom. The highest BCUT2D eigenvalue weighted by atomic mass is 16.8. The number of esters is 1. The van der Waals surface area contributed by atoms with E-state index in [9.17, 15) is 61.0 Å². The molecule has 21 atom stereocenters. The molecule has 0 radical (unpaired) electrons. The van der Waals surface area contributed by atoms with Crippen molar-refractivity contribution < 1.29 is 89.4 Å². The molecule has 0 amide bonds. The van der Waals surface area contributed by atoms with Crippen LogP contribution in [0.2, 0.25) is 0 Å². The van der Waals surface area contributed by atoms with Crippen molar-refractivity contribution in [2.45, 2.75) is 169 Å². The standard InChI is InChI=1S/C38H60O18/c1-16-11-37-9-5-20-35(2,7-4-8-36(20,3)34(50)55-32-29(49)26(46)23(43)18(13-40)52-32)21(37)6-10-38(16,15-37)56-33-30(27(47)24(44)19(14-41)53-33)54-31-28(48)25(45)22(42)17(12-39)51-31/h17-33,39-49H,1,4-15H2,2-3H3/t17-,18-,19-,20-,21-,22-,23-,24-,25+,26+,27+,28-,29-,30-,31+,32+,33+,35+,36+,37-,38+/m1/s1. The summed E-state index contributed by atoms with van der Waals surface area (Å²) in [4.78, 5) is 14.1. The molecule has 7 aliphatic rings. The van der Waals surface area contributed by atoms with Gasteiger partial charge in [0, 0.05) is 0 Å². The number of aliphatic hydroxyl groups is 11. The van der Waals surface area contributed by atoms with Crippen LogP contribution in [0, 0.1) is 28.1 Å². The zero-order valence-corrected chi connectivity index (χ0v) is 31.8. The van der Waals surface area contributed by atoms with Gasteiger partial charge in [-0.2, -0.15) is 0 Å². The van der Waals surface area contributed by atoms with Gasteiger partial charge in [0.15, 0.2) is 12.6 Å². The van der Waals surface area contributed by atoms with Crippen molar-refractivity contribution in [3.05, 3.63) is 12.2 Å². The second-order valence-corrected chi connectivity index (χ2v) is 18.0. The second-order valence-electron chi connectivity index (χ2n) is 18.0. The van der Waals surface area contributed by atoms with E-state index in [2.05, 4.69) is 13.5 Å². The largest absolute Gasteiger partial charge is 0.432 e. The first-order chi connectivity index (χ1) is 26.4. The van der Waals surface area contributed by atoms with E-state index in [1.54, 1.807) is 0 Å². The summed E-state index contributed by atoms with van der Waals surface area (Å²) >= 11 is 0. The molecule has 56 heavy (non-hydrogen) atoms. The van der Waals surface area contributed by atoms with Crippen molar-refractivity contribution in [3.63, 3.8) is 0 Å². The van der Waals surface area contributed by atoms with E-state index in [4.69, 9.17) is 28.4 Å². The predicted molar refractivity (Wildman–Crippen MR) is 186 cm³/mol. The maximum Gasteiger partial charge on any atom is 0.314 e. The van der Waals surface area contributed by atoms with Crippen molar-refractivity contribution in [1.29, 1.82) is 0 Å². The van der Waals surface area contributed by atoms with E-state index < -0.39 is 129 Å². The Labute approximate surface area is 324 Å². The molecule has 320 valence electrons. The van der Waals surface area contributed by atoms with Gasteiger partial charge in [-0.25, -0.2) is 0 Å². The molecule has 18 heteroatoms. The first kappa shape index (κ1) is 42.7. The van der Waals surface area contributed by atoms with Crippen LogP contribution < -0.4 is 0 Å². The Bertz CT molecular complexity index is 1450. The maximum atomic E-state index is 14.1. The minimum atomic E-state index is -1.81. The maximum absolute atomic E-state index is 14.1. The molecule has 3 saturated heterocycles. The lowest BCUT2D eigenvalue weighted by molar-refractivity contribution is -0.378. The SMILES string of the molecule is C=C1C[C@@]23CC[C@@H]4[C@](C)(CCC[C@]4(C)C(=O)O[C@@H]4O[C@H](CO)[C@@H](O)[C@H](O)[C@H]4O)[C@H]2CC[C@]1(O[C@@H]1O[C@H](CO)[C@@H](O)[C@H](O)[C@H]1O[C@@H]1O[C@H](CO)[C@@H](O)[C@H](O)[C@H]1O)C3. The molecule has 18 nitrogen and oxygen atoms in total. The molecule has 0 unspecified atom stereocenters. The minimum Gasteiger partial charge on any atom is -0.432 e. The van der Waals surface area contributed by atoms with Crippen molar-refractivity contribution in [2.24, 2.45) is 28.1 Å². The number of hydrogen-bond donors (Lipinski definition) is 11. The van der Waals surface area contributed by atoms with Gasteiger partial charge in [-0.15, -0.1) is 0 Å². The summed E-state index contributed by atoms with van der Waals surface area (Å²) in [6.45, 7) is 6.52. The number of rotatable bonds is 9. The van der Waals surface area contributed by atoms with Crippen molar-refractivity contribution in [3.8, 4) is 0 Å². The molecule has 0 aromatic heterocycles. The quantitative estimate of drug-likeness (QED) is 0.0631. The summed E-state index contributed by atoms with van der Waals surface area (Å²) in [5, 5.41) is 114. The highest BCUT2D eigenvalue weighted by molar-refractivity contribution is 5.77. The van der Waals surface area contributed by atoms with Gasteiger partial charge in [-0.3, -0.25) is 4.79 Å². The molecule has 1 spiro atoms. The Balaban J connectivity index is 1.10. The van der Waals surface area contributed by atoms with Crippen LogP contribution in [-0.4, -0.2) is 180 Å². The fraction of sp³-hybridized carbons (Fsp3) is 0.921. The summed E-state index contributed by atoms with van der Waals surface area (Å²) in [6.07, 6.45) is -17.8. The lowest BCUT2D eigenvalue weighted by Gasteiger charge is -2.64. The van der Waals surface area contributed by atoms with Gasteiger partial charge in [0.2, 0.25) is 6.29 Å². The van der Waals surface area contributed by atoms with Gasteiger partial charge in [0.05, 0.1) is 30.8 Å². The summed E-state index contributed by atoms with van der Waals surface area (Å²) in [5.41, 5.74) is -1.80. The topological polar surface area (TPSA) is 295 Å². The Hall–Kier alpha value is -1.43. The second kappa shape index (κ2) is 15.6. The van der Waals surface area contributed by atoms with E-state index in [0.717, 1.165) is 18.4 Å². The Kier molecular flexibility index (Phi) is 11.9. The first-order valence-electron chi connectivity index (χ1n) is 19.9. The summed E-state index contributed by atoms with van der Waals surface area (Å²) in [7, 11) is 0. The Morgan fingerprint density at radius 3 is 1.82 bits per heavy atom. The zero-order valence-electron chi connectivity index (χ0n) is 31.8. The molecular formula is C38H60O18. The van der Waals surface area contributed by atoms with E-state index in [0.29, 0.717) is 44.9 Å². The van der Waals surface area contributed by atoms with Crippen LogP contribution in [-0.2, 0) is 33.2 Å². The molecular weight excluding hydrogens is 744 g/mol. The fourth-order valence-corrected chi connectivity index (χ4v) is 12.0. The number of aliphatic hydroxyl groups excluding tert-OH is 11. The van der Waals surface area contributed by atoms with Crippen LogP contribution in [0.15, 0.2) is 12.2 Å². The van der Waals surface area contributed by atoms with E-state index in [-0.39, 0.29) is 22.7 Å². The average molecular weight is 805 g/mol. The monoisotopic (exact) mass is 804 g/mol. The third-order valence-corrected chi connectivity index (χ3v) is 15.0. The molecule has 11 N–H and O–H groups in total. The number of ether oxygens (including phenoxy) is 6. The zero-order chi connectivity index (χ0) is 40.7. The van der Waals surface area contributed by atoms with Crippen molar-refractivity contribution in [1.82, 2.24) is 0 Å². The molecule has 7 fully saturated rings. The minimum absolute atomic E-state index is 0.121. The van der Waals surface area contributed by atoms with Crippen LogP contribution in [0.4, 0.5) is 0 Å². The highest BCUT2D eigenvalue weighted by Crippen LogP contribution is 2.73. The summed E-state index contributed by atoms with van der Waals surface area (Å²) in [5.74, 6) is -0.591. The molecule has 0 aromatic rings.